The number of amides is 1. The van der Waals surface area contributed by atoms with Gasteiger partial charge in [-0.1, -0.05) is 11.6 Å². The van der Waals surface area contributed by atoms with Gasteiger partial charge in [0.1, 0.15) is 5.82 Å². The largest absolute Gasteiger partial charge is 0.353 e. The molecule has 7 heteroatoms. The average molecular weight is 334 g/mol. The molecule has 1 aliphatic heterocycles. The highest BCUT2D eigenvalue weighted by Gasteiger charge is 2.21. The van der Waals surface area contributed by atoms with Crippen LogP contribution in [0.1, 0.15) is 18.4 Å². The minimum Gasteiger partial charge on any atom is -0.353 e. The van der Waals surface area contributed by atoms with Gasteiger partial charge in [-0.05, 0) is 30.5 Å². The van der Waals surface area contributed by atoms with E-state index in [9.17, 15) is 4.79 Å². The van der Waals surface area contributed by atoms with Crippen molar-refractivity contribution in [2.45, 2.75) is 19.3 Å². The molecule has 0 atom stereocenters. The number of nitrogens with one attached hydrogen (secondary N) is 1. The zero-order valence-electron chi connectivity index (χ0n) is 12.9. The lowest BCUT2D eigenvalue weighted by molar-refractivity contribution is -0.131. The van der Waals surface area contributed by atoms with Crippen molar-refractivity contribution in [2.75, 3.05) is 31.1 Å². The van der Waals surface area contributed by atoms with Crippen molar-refractivity contribution in [2.24, 2.45) is 0 Å². The molecule has 0 aromatic carbocycles. The van der Waals surface area contributed by atoms with E-state index in [1.165, 1.54) is 0 Å². The van der Waals surface area contributed by atoms with Crippen LogP contribution >= 0.6 is 11.6 Å². The predicted molar refractivity (Wildman–Crippen MR) is 89.6 cm³/mol. The Morgan fingerprint density at radius 1 is 1.22 bits per heavy atom. The summed E-state index contributed by atoms with van der Waals surface area (Å²) in [6.07, 6.45) is 7.67. The second-order valence-corrected chi connectivity index (χ2v) is 6.10. The fraction of sp³-hybridized carbons (Fsp3) is 0.438. The number of hydrogen-bond acceptors (Lipinski definition) is 4. The van der Waals surface area contributed by atoms with Crippen LogP contribution in [0, 0.1) is 0 Å². The van der Waals surface area contributed by atoms with Gasteiger partial charge in [0.15, 0.2) is 0 Å². The Balaban J connectivity index is 1.43. The van der Waals surface area contributed by atoms with Gasteiger partial charge < -0.3 is 9.80 Å². The zero-order valence-corrected chi connectivity index (χ0v) is 13.7. The van der Waals surface area contributed by atoms with Gasteiger partial charge in [-0.15, -0.1) is 0 Å². The Bertz CT molecular complexity index is 620. The van der Waals surface area contributed by atoms with E-state index >= 15 is 0 Å². The first-order chi connectivity index (χ1) is 11.2. The van der Waals surface area contributed by atoms with Crippen LogP contribution in [0.3, 0.4) is 0 Å². The molecule has 6 nitrogen and oxygen atoms in total. The summed E-state index contributed by atoms with van der Waals surface area (Å²) in [5, 5.41) is 7.34. The first kappa shape index (κ1) is 15.8. The molecule has 23 heavy (non-hydrogen) atoms. The van der Waals surface area contributed by atoms with Gasteiger partial charge in [0, 0.05) is 45.0 Å². The number of carbonyl (C=O) groups excluding carboxylic acids is 1. The Morgan fingerprint density at radius 2 is 2.04 bits per heavy atom. The zero-order chi connectivity index (χ0) is 16.1. The number of halogens is 1. The molecule has 2 aromatic rings. The van der Waals surface area contributed by atoms with Gasteiger partial charge in [0.25, 0.3) is 0 Å². The molecule has 1 fully saturated rings. The fourth-order valence-electron chi connectivity index (χ4n) is 2.76. The molecule has 1 amide bonds. The summed E-state index contributed by atoms with van der Waals surface area (Å²) in [5.74, 6) is 1.15. The standard InChI is InChI=1S/C16H20ClN5O/c17-14-4-5-15(18-12-14)21-6-8-22(9-7-21)16(23)3-1-2-13-10-19-20-11-13/h4-5,10-12H,1-3,6-9H2,(H,19,20). The van der Waals surface area contributed by atoms with Crippen LogP contribution in [0.25, 0.3) is 0 Å². The third-order valence-electron chi connectivity index (χ3n) is 4.08. The van der Waals surface area contributed by atoms with Crippen molar-refractivity contribution in [1.29, 1.82) is 0 Å². The second kappa shape index (κ2) is 7.46. The van der Waals surface area contributed by atoms with Crippen LogP contribution in [0.4, 0.5) is 5.82 Å². The van der Waals surface area contributed by atoms with Gasteiger partial charge in [-0.25, -0.2) is 4.98 Å². The van der Waals surface area contributed by atoms with Gasteiger partial charge in [-0.3, -0.25) is 9.89 Å². The number of nitrogens with zero attached hydrogens (tertiary/aromatic N) is 4. The quantitative estimate of drug-likeness (QED) is 0.910. The van der Waals surface area contributed by atoms with E-state index in [4.69, 9.17) is 11.6 Å². The Hall–Kier alpha value is -2.08. The normalized spacial score (nSPS) is 15.0. The Labute approximate surface area is 140 Å². The maximum atomic E-state index is 12.3. The summed E-state index contributed by atoms with van der Waals surface area (Å²) in [5.41, 5.74) is 1.15. The maximum Gasteiger partial charge on any atom is 0.222 e. The number of aromatic amines is 1. The third-order valence-corrected chi connectivity index (χ3v) is 4.30. The Kier molecular flexibility index (Phi) is 5.12. The van der Waals surface area contributed by atoms with E-state index in [2.05, 4.69) is 20.1 Å². The van der Waals surface area contributed by atoms with Crippen LogP contribution in [0.2, 0.25) is 5.02 Å². The highest BCUT2D eigenvalue weighted by molar-refractivity contribution is 6.30. The number of hydrogen-bond donors (Lipinski definition) is 1. The lowest BCUT2D eigenvalue weighted by Crippen LogP contribution is -2.49. The summed E-state index contributed by atoms with van der Waals surface area (Å²) in [7, 11) is 0. The average Bonchev–Trinajstić information content (AvgIpc) is 3.09. The minimum absolute atomic E-state index is 0.234. The molecule has 0 spiro atoms. The van der Waals surface area contributed by atoms with Gasteiger partial charge in [0.05, 0.1) is 11.2 Å². The van der Waals surface area contributed by atoms with Crippen molar-refractivity contribution in [3.63, 3.8) is 0 Å². The van der Waals surface area contributed by atoms with Gasteiger partial charge >= 0.3 is 0 Å². The number of aromatic nitrogens is 3. The molecule has 122 valence electrons. The summed E-state index contributed by atoms with van der Waals surface area (Å²) in [6, 6.07) is 3.77. The number of anilines is 1. The van der Waals surface area contributed by atoms with Gasteiger partial charge in [-0.2, -0.15) is 5.10 Å². The molecule has 1 N–H and O–H groups in total. The van der Waals surface area contributed by atoms with E-state index in [-0.39, 0.29) is 5.91 Å². The fourth-order valence-corrected chi connectivity index (χ4v) is 2.87. The van der Waals surface area contributed by atoms with Crippen molar-refractivity contribution in [3.05, 3.63) is 41.3 Å². The Morgan fingerprint density at radius 3 is 2.70 bits per heavy atom. The summed E-state index contributed by atoms with van der Waals surface area (Å²) < 4.78 is 0. The topological polar surface area (TPSA) is 65.1 Å². The molecule has 0 aliphatic carbocycles. The van der Waals surface area contributed by atoms with Crippen LogP contribution in [0.15, 0.2) is 30.7 Å². The third kappa shape index (κ3) is 4.22. The van der Waals surface area contributed by atoms with Crippen LogP contribution in [-0.4, -0.2) is 52.2 Å². The highest BCUT2D eigenvalue weighted by Crippen LogP contribution is 2.16. The maximum absolute atomic E-state index is 12.3. The van der Waals surface area contributed by atoms with E-state index < -0.39 is 0 Å². The van der Waals surface area contributed by atoms with Crippen LogP contribution < -0.4 is 4.90 Å². The number of piperazine rings is 1. The molecule has 0 saturated carbocycles. The second-order valence-electron chi connectivity index (χ2n) is 5.66. The molecular formula is C16H20ClN5O. The van der Waals surface area contributed by atoms with Crippen LogP contribution in [0.5, 0.6) is 0 Å². The molecule has 1 aliphatic rings. The summed E-state index contributed by atoms with van der Waals surface area (Å²) in [4.78, 5) is 20.7. The van der Waals surface area contributed by atoms with E-state index in [1.807, 2.05) is 29.4 Å². The minimum atomic E-state index is 0.234. The lowest BCUT2D eigenvalue weighted by atomic mass is 10.1. The SMILES string of the molecule is O=C(CCCc1cn[nH]c1)N1CCN(c2ccc(Cl)cn2)CC1. The molecule has 3 heterocycles. The molecule has 3 rings (SSSR count). The number of carbonyl (C=O) groups is 1. The monoisotopic (exact) mass is 333 g/mol. The molecule has 1 saturated heterocycles. The van der Waals surface area contributed by atoms with Crippen LogP contribution in [-0.2, 0) is 11.2 Å². The molecule has 0 unspecified atom stereocenters. The van der Waals surface area contributed by atoms with E-state index in [1.54, 1.807) is 6.20 Å². The number of pyridine rings is 1. The molecule has 0 radical (unpaired) electrons. The first-order valence-electron chi connectivity index (χ1n) is 7.84. The van der Waals surface area contributed by atoms with Crippen molar-refractivity contribution in [3.8, 4) is 0 Å². The molecule has 0 bridgehead atoms. The molecule has 2 aromatic heterocycles. The lowest BCUT2D eigenvalue weighted by Gasteiger charge is -2.35. The van der Waals surface area contributed by atoms with Crippen molar-refractivity contribution in [1.82, 2.24) is 20.1 Å². The predicted octanol–water partition coefficient (Wildman–Crippen LogP) is 2.13. The first-order valence-corrected chi connectivity index (χ1v) is 8.22. The molecular weight excluding hydrogens is 314 g/mol. The van der Waals surface area contributed by atoms with Crippen molar-refractivity contribution >= 4 is 23.3 Å². The highest BCUT2D eigenvalue weighted by atomic mass is 35.5. The van der Waals surface area contributed by atoms with Crippen molar-refractivity contribution < 1.29 is 4.79 Å². The van der Waals surface area contributed by atoms with E-state index in [0.717, 1.165) is 50.4 Å². The number of rotatable bonds is 5. The van der Waals surface area contributed by atoms with Gasteiger partial charge in [0.2, 0.25) is 5.91 Å². The summed E-state index contributed by atoms with van der Waals surface area (Å²) in [6.45, 7) is 3.11. The summed E-state index contributed by atoms with van der Waals surface area (Å²) >= 11 is 5.86. The smallest absolute Gasteiger partial charge is 0.222 e. The number of H-pyrrole nitrogens is 1. The number of aryl methyl sites for hydroxylation is 1. The van der Waals surface area contributed by atoms with E-state index in [0.29, 0.717) is 11.4 Å².